The highest BCUT2D eigenvalue weighted by molar-refractivity contribution is 5.01. The Morgan fingerprint density at radius 2 is 2.38 bits per heavy atom. The standard InChI is InChI=1S/C11H19N3O2/c1-3-6-12-8-9-13-10(14-16-9)11(2)5-4-7-15-11/h12H,3-8H2,1-2H3. The summed E-state index contributed by atoms with van der Waals surface area (Å²) in [7, 11) is 0. The van der Waals surface area contributed by atoms with E-state index in [1.807, 2.05) is 6.92 Å². The molecule has 0 aromatic carbocycles. The fourth-order valence-electron chi connectivity index (χ4n) is 1.87. The van der Waals surface area contributed by atoms with Crippen LogP contribution < -0.4 is 5.32 Å². The lowest BCUT2D eigenvalue weighted by atomic mass is 10.0. The van der Waals surface area contributed by atoms with Gasteiger partial charge in [0.25, 0.3) is 0 Å². The van der Waals surface area contributed by atoms with Crippen molar-refractivity contribution in [2.45, 2.75) is 45.3 Å². The van der Waals surface area contributed by atoms with Crippen LogP contribution in [0.5, 0.6) is 0 Å². The first-order valence-electron chi connectivity index (χ1n) is 5.92. The normalized spacial score (nSPS) is 25.1. The largest absolute Gasteiger partial charge is 0.367 e. The summed E-state index contributed by atoms with van der Waals surface area (Å²) >= 11 is 0. The van der Waals surface area contributed by atoms with Gasteiger partial charge >= 0.3 is 0 Å². The van der Waals surface area contributed by atoms with E-state index in [1.165, 1.54) is 0 Å². The molecule has 0 amide bonds. The third-order valence-corrected chi connectivity index (χ3v) is 2.86. The summed E-state index contributed by atoms with van der Waals surface area (Å²) in [6, 6.07) is 0. The van der Waals surface area contributed by atoms with Crippen molar-refractivity contribution in [2.75, 3.05) is 13.2 Å². The summed E-state index contributed by atoms with van der Waals surface area (Å²) in [6.07, 6.45) is 3.13. The molecule has 1 aromatic rings. The lowest BCUT2D eigenvalue weighted by molar-refractivity contribution is 0.00768. The van der Waals surface area contributed by atoms with Gasteiger partial charge in [-0.3, -0.25) is 0 Å². The van der Waals surface area contributed by atoms with Crippen LogP contribution >= 0.6 is 0 Å². The third kappa shape index (κ3) is 2.41. The van der Waals surface area contributed by atoms with Crippen molar-refractivity contribution in [2.24, 2.45) is 0 Å². The van der Waals surface area contributed by atoms with Crippen LogP contribution in [0.2, 0.25) is 0 Å². The Bertz CT molecular complexity index is 332. The number of ether oxygens (including phenoxy) is 1. The zero-order valence-electron chi connectivity index (χ0n) is 9.95. The first-order valence-corrected chi connectivity index (χ1v) is 5.92. The number of nitrogens with one attached hydrogen (secondary N) is 1. The molecule has 1 N–H and O–H groups in total. The third-order valence-electron chi connectivity index (χ3n) is 2.86. The second-order valence-corrected chi connectivity index (χ2v) is 4.37. The van der Waals surface area contributed by atoms with Crippen molar-refractivity contribution < 1.29 is 9.26 Å². The Kier molecular flexibility index (Phi) is 3.56. The second kappa shape index (κ2) is 4.93. The van der Waals surface area contributed by atoms with Gasteiger partial charge in [0.2, 0.25) is 11.7 Å². The quantitative estimate of drug-likeness (QED) is 0.771. The molecule has 0 saturated carbocycles. The minimum absolute atomic E-state index is 0.341. The van der Waals surface area contributed by atoms with E-state index in [0.29, 0.717) is 18.3 Å². The number of aromatic nitrogens is 2. The zero-order chi connectivity index (χ0) is 11.4. The van der Waals surface area contributed by atoms with E-state index in [9.17, 15) is 0 Å². The maximum Gasteiger partial charge on any atom is 0.240 e. The van der Waals surface area contributed by atoms with Crippen LogP contribution in [0.4, 0.5) is 0 Å². The van der Waals surface area contributed by atoms with E-state index < -0.39 is 0 Å². The van der Waals surface area contributed by atoms with E-state index in [-0.39, 0.29) is 5.60 Å². The monoisotopic (exact) mass is 225 g/mol. The Morgan fingerprint density at radius 3 is 3.06 bits per heavy atom. The lowest BCUT2D eigenvalue weighted by Gasteiger charge is -2.17. The highest BCUT2D eigenvalue weighted by atomic mass is 16.5. The van der Waals surface area contributed by atoms with E-state index in [0.717, 1.165) is 32.4 Å². The van der Waals surface area contributed by atoms with Gasteiger partial charge in [-0.05, 0) is 32.7 Å². The van der Waals surface area contributed by atoms with Gasteiger partial charge in [0.15, 0.2) is 0 Å². The van der Waals surface area contributed by atoms with Crippen LogP contribution in [0.15, 0.2) is 4.52 Å². The Morgan fingerprint density at radius 1 is 1.50 bits per heavy atom. The first-order chi connectivity index (χ1) is 7.74. The molecule has 1 fully saturated rings. The van der Waals surface area contributed by atoms with Gasteiger partial charge in [-0.2, -0.15) is 4.98 Å². The summed E-state index contributed by atoms with van der Waals surface area (Å²) in [4.78, 5) is 4.37. The predicted octanol–water partition coefficient (Wildman–Crippen LogP) is 1.59. The minimum atomic E-state index is -0.341. The van der Waals surface area contributed by atoms with Crippen molar-refractivity contribution in [3.8, 4) is 0 Å². The van der Waals surface area contributed by atoms with Gasteiger partial charge in [-0.1, -0.05) is 12.1 Å². The summed E-state index contributed by atoms with van der Waals surface area (Å²) in [5.41, 5.74) is -0.341. The smallest absolute Gasteiger partial charge is 0.240 e. The summed E-state index contributed by atoms with van der Waals surface area (Å²) in [5.74, 6) is 1.32. The van der Waals surface area contributed by atoms with Crippen LogP contribution in [-0.2, 0) is 16.9 Å². The average Bonchev–Trinajstić information content (AvgIpc) is 2.88. The van der Waals surface area contributed by atoms with E-state index in [1.54, 1.807) is 0 Å². The molecule has 5 nitrogen and oxygen atoms in total. The molecule has 1 aliphatic heterocycles. The van der Waals surface area contributed by atoms with Crippen LogP contribution in [0.3, 0.4) is 0 Å². The van der Waals surface area contributed by atoms with Crippen LogP contribution in [0.1, 0.15) is 44.8 Å². The minimum Gasteiger partial charge on any atom is -0.367 e. The molecule has 1 saturated heterocycles. The highest BCUT2D eigenvalue weighted by Crippen LogP contribution is 2.33. The molecule has 0 spiro atoms. The molecule has 2 heterocycles. The molecular weight excluding hydrogens is 206 g/mol. The fourth-order valence-corrected chi connectivity index (χ4v) is 1.87. The van der Waals surface area contributed by atoms with Crippen molar-refractivity contribution in [1.82, 2.24) is 15.5 Å². The SMILES string of the molecule is CCCNCc1nc(C2(C)CCCO2)no1. The van der Waals surface area contributed by atoms with Gasteiger partial charge < -0.3 is 14.6 Å². The van der Waals surface area contributed by atoms with Gasteiger partial charge in [0, 0.05) is 6.61 Å². The molecule has 5 heteroatoms. The summed E-state index contributed by atoms with van der Waals surface area (Å²) in [5, 5.41) is 7.23. The second-order valence-electron chi connectivity index (χ2n) is 4.37. The Balaban J connectivity index is 1.96. The van der Waals surface area contributed by atoms with Crippen LogP contribution in [0, 0.1) is 0 Å². The Hall–Kier alpha value is -0.940. The maximum absolute atomic E-state index is 5.66. The summed E-state index contributed by atoms with van der Waals surface area (Å²) in [6.45, 7) is 6.53. The highest BCUT2D eigenvalue weighted by Gasteiger charge is 2.36. The van der Waals surface area contributed by atoms with Gasteiger partial charge in [0.1, 0.15) is 5.60 Å². The predicted molar refractivity (Wildman–Crippen MR) is 58.8 cm³/mol. The van der Waals surface area contributed by atoms with E-state index in [4.69, 9.17) is 9.26 Å². The van der Waals surface area contributed by atoms with Crippen molar-refractivity contribution in [1.29, 1.82) is 0 Å². The fraction of sp³-hybridized carbons (Fsp3) is 0.818. The molecule has 0 bridgehead atoms. The topological polar surface area (TPSA) is 60.2 Å². The molecule has 1 aliphatic rings. The van der Waals surface area contributed by atoms with Crippen molar-refractivity contribution in [3.05, 3.63) is 11.7 Å². The zero-order valence-corrected chi connectivity index (χ0v) is 9.95. The first kappa shape index (κ1) is 11.5. The number of nitrogens with zero attached hydrogens (tertiary/aromatic N) is 2. The summed E-state index contributed by atoms with van der Waals surface area (Å²) < 4.78 is 10.8. The molecule has 1 aromatic heterocycles. The molecule has 2 rings (SSSR count). The molecule has 0 radical (unpaired) electrons. The molecule has 16 heavy (non-hydrogen) atoms. The molecule has 0 aliphatic carbocycles. The van der Waals surface area contributed by atoms with Crippen LogP contribution in [0.25, 0.3) is 0 Å². The molecule has 1 unspecified atom stereocenters. The van der Waals surface area contributed by atoms with Gasteiger partial charge in [0.05, 0.1) is 6.54 Å². The van der Waals surface area contributed by atoms with Crippen molar-refractivity contribution >= 4 is 0 Å². The van der Waals surface area contributed by atoms with Gasteiger partial charge in [-0.15, -0.1) is 0 Å². The maximum atomic E-state index is 5.66. The van der Waals surface area contributed by atoms with Crippen LogP contribution in [-0.4, -0.2) is 23.3 Å². The van der Waals surface area contributed by atoms with E-state index >= 15 is 0 Å². The number of rotatable bonds is 5. The number of hydrogen-bond donors (Lipinski definition) is 1. The van der Waals surface area contributed by atoms with E-state index in [2.05, 4.69) is 22.4 Å². The molecular formula is C11H19N3O2. The molecule has 90 valence electrons. The average molecular weight is 225 g/mol. The molecule has 1 atom stereocenters. The van der Waals surface area contributed by atoms with Gasteiger partial charge in [-0.25, -0.2) is 0 Å². The lowest BCUT2D eigenvalue weighted by Crippen LogP contribution is -2.22. The Labute approximate surface area is 95.6 Å². The van der Waals surface area contributed by atoms with Crippen molar-refractivity contribution in [3.63, 3.8) is 0 Å². The number of hydrogen-bond acceptors (Lipinski definition) is 5.